The molecule has 0 spiro atoms. The quantitative estimate of drug-likeness (QED) is 0.842. The lowest BCUT2D eigenvalue weighted by Crippen LogP contribution is -2.33. The number of benzene rings is 1. The largest absolute Gasteiger partial charge is 0.395 e. The van der Waals surface area contributed by atoms with Gasteiger partial charge in [0.05, 0.1) is 6.61 Å². The topological polar surface area (TPSA) is 32.3 Å². The summed E-state index contributed by atoms with van der Waals surface area (Å²) in [4.78, 5) is 0. The van der Waals surface area contributed by atoms with E-state index in [0.717, 1.165) is 17.4 Å². The van der Waals surface area contributed by atoms with Gasteiger partial charge in [-0.05, 0) is 24.0 Å². The predicted octanol–water partition coefficient (Wildman–Crippen LogP) is 2.95. The summed E-state index contributed by atoms with van der Waals surface area (Å²) in [5, 5.41) is 12.6. The molecule has 1 aromatic rings. The molecule has 1 rings (SSSR count). The van der Waals surface area contributed by atoms with Crippen molar-refractivity contribution in [3.8, 4) is 0 Å². The molecule has 0 bridgehead atoms. The zero-order chi connectivity index (χ0) is 12.0. The molecule has 0 fully saturated rings. The van der Waals surface area contributed by atoms with E-state index in [1.807, 2.05) is 18.2 Å². The van der Waals surface area contributed by atoms with Gasteiger partial charge in [0.1, 0.15) is 0 Å². The van der Waals surface area contributed by atoms with E-state index in [4.69, 9.17) is 0 Å². The number of halogens is 1. The van der Waals surface area contributed by atoms with Gasteiger partial charge in [-0.1, -0.05) is 48.0 Å². The molecule has 1 unspecified atom stereocenters. The van der Waals surface area contributed by atoms with Gasteiger partial charge in [-0.15, -0.1) is 0 Å². The van der Waals surface area contributed by atoms with Crippen LogP contribution in [0.15, 0.2) is 28.7 Å². The zero-order valence-corrected chi connectivity index (χ0v) is 11.5. The second kappa shape index (κ2) is 7.05. The van der Waals surface area contributed by atoms with Gasteiger partial charge in [-0.2, -0.15) is 0 Å². The van der Waals surface area contributed by atoms with Crippen molar-refractivity contribution in [1.82, 2.24) is 5.32 Å². The molecule has 2 nitrogen and oxygen atoms in total. The zero-order valence-electron chi connectivity index (χ0n) is 9.91. The Bertz CT molecular complexity index is 315. The van der Waals surface area contributed by atoms with E-state index in [1.54, 1.807) is 0 Å². The first-order valence-corrected chi connectivity index (χ1v) is 6.50. The van der Waals surface area contributed by atoms with Crippen molar-refractivity contribution in [2.75, 3.05) is 6.61 Å². The molecule has 2 N–H and O–H groups in total. The van der Waals surface area contributed by atoms with Crippen LogP contribution in [-0.4, -0.2) is 17.8 Å². The van der Waals surface area contributed by atoms with Crippen LogP contribution in [0.1, 0.15) is 25.8 Å². The Morgan fingerprint density at radius 3 is 2.56 bits per heavy atom. The van der Waals surface area contributed by atoms with Crippen LogP contribution in [0.2, 0.25) is 0 Å². The minimum atomic E-state index is 0.187. The molecule has 0 aliphatic heterocycles. The van der Waals surface area contributed by atoms with Crippen LogP contribution in [0.25, 0.3) is 0 Å². The van der Waals surface area contributed by atoms with E-state index in [2.05, 4.69) is 41.2 Å². The summed E-state index contributed by atoms with van der Waals surface area (Å²) >= 11 is 3.52. The van der Waals surface area contributed by atoms with Crippen molar-refractivity contribution in [2.24, 2.45) is 5.92 Å². The maximum absolute atomic E-state index is 9.25. The Labute approximate surface area is 106 Å². The van der Waals surface area contributed by atoms with Crippen molar-refractivity contribution in [2.45, 2.75) is 32.9 Å². The maximum Gasteiger partial charge on any atom is 0.0584 e. The second-order valence-corrected chi connectivity index (χ2v) is 5.34. The lowest BCUT2D eigenvalue weighted by molar-refractivity contribution is 0.223. The summed E-state index contributed by atoms with van der Waals surface area (Å²) < 4.78 is 1.11. The average molecular weight is 286 g/mol. The van der Waals surface area contributed by atoms with Gasteiger partial charge in [0.2, 0.25) is 0 Å². The molecule has 0 radical (unpaired) electrons. The lowest BCUT2D eigenvalue weighted by atomic mass is 10.0. The van der Waals surface area contributed by atoms with Crippen LogP contribution in [0.3, 0.4) is 0 Å². The normalized spacial score (nSPS) is 13.1. The van der Waals surface area contributed by atoms with Gasteiger partial charge in [0.25, 0.3) is 0 Å². The lowest BCUT2D eigenvalue weighted by Gasteiger charge is -2.18. The van der Waals surface area contributed by atoms with E-state index in [0.29, 0.717) is 5.92 Å². The fourth-order valence-electron chi connectivity index (χ4n) is 1.69. The Balaban J connectivity index is 2.46. The highest BCUT2D eigenvalue weighted by molar-refractivity contribution is 9.10. The number of hydrogen-bond donors (Lipinski definition) is 2. The van der Waals surface area contributed by atoms with Crippen molar-refractivity contribution in [1.29, 1.82) is 0 Å². The third kappa shape index (κ3) is 4.64. The molecule has 0 aliphatic rings. The molecule has 3 heteroatoms. The first-order chi connectivity index (χ1) is 7.63. The molecule has 0 saturated heterocycles. The predicted molar refractivity (Wildman–Crippen MR) is 71.3 cm³/mol. The van der Waals surface area contributed by atoms with E-state index < -0.39 is 0 Å². The van der Waals surface area contributed by atoms with Crippen molar-refractivity contribution in [3.63, 3.8) is 0 Å². The molecule has 0 aliphatic carbocycles. The first kappa shape index (κ1) is 13.7. The fraction of sp³-hybridized carbons (Fsp3) is 0.538. The van der Waals surface area contributed by atoms with Crippen molar-refractivity contribution < 1.29 is 5.11 Å². The number of aliphatic hydroxyl groups excluding tert-OH is 1. The van der Waals surface area contributed by atoms with Crippen LogP contribution in [0.5, 0.6) is 0 Å². The van der Waals surface area contributed by atoms with Crippen LogP contribution in [0.4, 0.5) is 0 Å². The smallest absolute Gasteiger partial charge is 0.0584 e. The summed E-state index contributed by atoms with van der Waals surface area (Å²) in [5.74, 6) is 0.601. The third-order valence-corrected chi connectivity index (χ3v) is 3.29. The molecule has 16 heavy (non-hydrogen) atoms. The molecule has 90 valence electrons. The number of rotatable bonds is 6. The van der Waals surface area contributed by atoms with Crippen LogP contribution in [0, 0.1) is 5.92 Å². The molecule has 1 aromatic carbocycles. The Morgan fingerprint density at radius 1 is 1.31 bits per heavy atom. The van der Waals surface area contributed by atoms with Crippen molar-refractivity contribution in [3.05, 3.63) is 34.3 Å². The van der Waals surface area contributed by atoms with Gasteiger partial charge < -0.3 is 10.4 Å². The molecule has 0 saturated carbocycles. The maximum atomic E-state index is 9.25. The van der Waals surface area contributed by atoms with E-state index in [9.17, 15) is 5.11 Å². The second-order valence-electron chi connectivity index (χ2n) is 4.48. The van der Waals surface area contributed by atoms with E-state index >= 15 is 0 Å². The molecule has 0 heterocycles. The molecular weight excluding hydrogens is 266 g/mol. The van der Waals surface area contributed by atoms with Crippen molar-refractivity contribution >= 4 is 15.9 Å². The Kier molecular flexibility index (Phi) is 6.03. The molecule has 0 aromatic heterocycles. The van der Waals surface area contributed by atoms with Crippen LogP contribution < -0.4 is 5.32 Å². The van der Waals surface area contributed by atoms with E-state index in [-0.39, 0.29) is 12.6 Å². The fourth-order valence-corrected chi connectivity index (χ4v) is 2.11. The highest BCUT2D eigenvalue weighted by Crippen LogP contribution is 2.16. The number of nitrogens with one attached hydrogen (secondary N) is 1. The summed E-state index contributed by atoms with van der Waals surface area (Å²) in [5.41, 5.74) is 1.23. The van der Waals surface area contributed by atoms with E-state index in [1.165, 1.54) is 5.56 Å². The molecule has 0 amide bonds. The monoisotopic (exact) mass is 285 g/mol. The number of aliphatic hydroxyl groups is 1. The molecular formula is C13H20BrNO. The summed E-state index contributed by atoms with van der Waals surface area (Å²) in [6.45, 7) is 5.33. The van der Waals surface area contributed by atoms with Gasteiger partial charge in [-0.3, -0.25) is 0 Å². The SMILES string of the molecule is CC(C)CC(CO)NCc1ccccc1Br. The van der Waals surface area contributed by atoms with Crippen LogP contribution >= 0.6 is 15.9 Å². The van der Waals surface area contributed by atoms with Gasteiger partial charge in [-0.25, -0.2) is 0 Å². The third-order valence-electron chi connectivity index (χ3n) is 2.52. The Morgan fingerprint density at radius 2 is 2.00 bits per heavy atom. The highest BCUT2D eigenvalue weighted by atomic mass is 79.9. The average Bonchev–Trinajstić information content (AvgIpc) is 2.25. The highest BCUT2D eigenvalue weighted by Gasteiger charge is 2.09. The summed E-state index contributed by atoms with van der Waals surface area (Å²) in [6.07, 6.45) is 1.00. The van der Waals surface area contributed by atoms with Crippen LogP contribution in [-0.2, 0) is 6.54 Å². The number of hydrogen-bond acceptors (Lipinski definition) is 2. The first-order valence-electron chi connectivity index (χ1n) is 5.71. The summed E-state index contributed by atoms with van der Waals surface area (Å²) in [7, 11) is 0. The van der Waals surface area contributed by atoms with Gasteiger partial charge >= 0.3 is 0 Å². The summed E-state index contributed by atoms with van der Waals surface area (Å²) in [6, 6.07) is 8.34. The minimum absolute atomic E-state index is 0.187. The van der Waals surface area contributed by atoms with Gasteiger partial charge in [0, 0.05) is 17.1 Å². The standard InChI is InChI=1S/C13H20BrNO/c1-10(2)7-12(9-16)15-8-11-5-3-4-6-13(11)14/h3-6,10,12,15-16H,7-9H2,1-2H3. The molecule has 1 atom stereocenters. The van der Waals surface area contributed by atoms with Gasteiger partial charge in [0.15, 0.2) is 0 Å². The Hall–Kier alpha value is -0.380. The minimum Gasteiger partial charge on any atom is -0.395 e.